The summed E-state index contributed by atoms with van der Waals surface area (Å²) in [5.41, 5.74) is 1.45. The molecule has 1 unspecified atom stereocenters. The van der Waals surface area contributed by atoms with Gasteiger partial charge in [-0.1, -0.05) is 0 Å². The average molecular weight is 329 g/mol. The number of nitriles is 1. The number of fused-ring (bicyclic) bond motifs is 1. The summed E-state index contributed by atoms with van der Waals surface area (Å²) < 4.78 is 13.5. The molecule has 1 atom stereocenters. The zero-order valence-corrected chi connectivity index (χ0v) is 12.8. The van der Waals surface area contributed by atoms with Gasteiger partial charge in [-0.3, -0.25) is 10.1 Å². The molecular formula is C16H12FN3O2S. The molecule has 2 aromatic rings. The summed E-state index contributed by atoms with van der Waals surface area (Å²) in [5.74, 6) is 0.577. The van der Waals surface area contributed by atoms with Crippen molar-refractivity contribution in [2.24, 2.45) is 0 Å². The van der Waals surface area contributed by atoms with Gasteiger partial charge in [-0.2, -0.15) is 5.26 Å². The number of anilines is 1. The topological polar surface area (TPSA) is 79.0 Å². The second kappa shape index (κ2) is 6.26. The van der Waals surface area contributed by atoms with Gasteiger partial charge in [0.05, 0.1) is 22.2 Å². The van der Waals surface area contributed by atoms with Crippen LogP contribution in [0.1, 0.15) is 23.6 Å². The molecule has 0 aliphatic carbocycles. The zero-order valence-electron chi connectivity index (χ0n) is 12.0. The lowest BCUT2D eigenvalue weighted by atomic mass is 10.0. The molecule has 1 N–H and O–H groups in total. The maximum atomic E-state index is 13.5. The van der Waals surface area contributed by atoms with Crippen molar-refractivity contribution in [2.75, 3.05) is 11.1 Å². The van der Waals surface area contributed by atoms with E-state index >= 15 is 0 Å². The highest BCUT2D eigenvalue weighted by Crippen LogP contribution is 2.39. The van der Waals surface area contributed by atoms with Crippen LogP contribution in [0.2, 0.25) is 0 Å². The number of halogens is 1. The smallest absolute Gasteiger partial charge is 0.270 e. The Morgan fingerprint density at radius 3 is 2.91 bits per heavy atom. The van der Waals surface area contributed by atoms with Crippen LogP contribution in [0, 0.1) is 27.3 Å². The number of rotatable bonds is 3. The number of hydrogen-bond acceptors (Lipinski definition) is 5. The molecule has 1 aliphatic heterocycles. The van der Waals surface area contributed by atoms with Crippen LogP contribution in [0.4, 0.5) is 15.8 Å². The minimum absolute atomic E-state index is 0.127. The maximum Gasteiger partial charge on any atom is 0.270 e. The van der Waals surface area contributed by atoms with Crippen LogP contribution in [-0.4, -0.2) is 10.7 Å². The number of non-ortho nitro benzene ring substituents is 1. The summed E-state index contributed by atoms with van der Waals surface area (Å²) in [6.45, 7) is 0. The molecule has 0 saturated carbocycles. The molecule has 0 radical (unpaired) electrons. The van der Waals surface area contributed by atoms with Gasteiger partial charge in [0.1, 0.15) is 11.9 Å². The fraction of sp³-hybridized carbons (Fsp3) is 0.188. The predicted molar refractivity (Wildman–Crippen MR) is 85.9 cm³/mol. The summed E-state index contributed by atoms with van der Waals surface area (Å²) in [5, 5.41) is 23.2. The normalized spacial score (nSPS) is 16.3. The monoisotopic (exact) mass is 329 g/mol. The third-order valence-electron chi connectivity index (χ3n) is 3.68. The van der Waals surface area contributed by atoms with Crippen LogP contribution in [0.3, 0.4) is 0 Å². The van der Waals surface area contributed by atoms with Gasteiger partial charge in [0.15, 0.2) is 0 Å². The molecule has 3 rings (SSSR count). The Bertz CT molecular complexity index is 819. The first-order valence-corrected chi connectivity index (χ1v) is 7.94. The van der Waals surface area contributed by atoms with Gasteiger partial charge < -0.3 is 5.32 Å². The predicted octanol–water partition coefficient (Wildman–Crippen LogP) is 4.25. The van der Waals surface area contributed by atoms with Crippen molar-refractivity contribution in [3.05, 3.63) is 63.5 Å². The Balaban J connectivity index is 1.93. The molecule has 0 fully saturated rings. The number of thioether (sulfide) groups is 1. The molecule has 23 heavy (non-hydrogen) atoms. The van der Waals surface area contributed by atoms with Crippen LogP contribution in [-0.2, 0) is 0 Å². The number of hydrogen-bond donors (Lipinski definition) is 1. The van der Waals surface area contributed by atoms with Crippen molar-refractivity contribution in [3.8, 4) is 6.07 Å². The quantitative estimate of drug-likeness (QED) is 0.672. The van der Waals surface area contributed by atoms with E-state index in [4.69, 9.17) is 0 Å². The first-order chi connectivity index (χ1) is 11.1. The van der Waals surface area contributed by atoms with E-state index in [-0.39, 0.29) is 23.1 Å². The molecule has 0 amide bonds. The highest BCUT2D eigenvalue weighted by atomic mass is 32.2. The summed E-state index contributed by atoms with van der Waals surface area (Å²) >= 11 is 1.67. The minimum Gasteiger partial charge on any atom is -0.377 e. The number of nitrogens with zero attached hydrogens (tertiary/aromatic N) is 2. The van der Waals surface area contributed by atoms with Crippen LogP contribution < -0.4 is 5.32 Å². The Labute approximate surface area is 136 Å². The second-order valence-corrected chi connectivity index (χ2v) is 6.25. The van der Waals surface area contributed by atoms with Crippen molar-refractivity contribution in [2.45, 2.75) is 17.4 Å². The number of nitrogens with one attached hydrogen (secondary N) is 1. The van der Waals surface area contributed by atoms with Crippen molar-refractivity contribution in [3.63, 3.8) is 0 Å². The fourth-order valence-electron chi connectivity index (χ4n) is 2.57. The molecule has 0 aromatic heterocycles. The van der Waals surface area contributed by atoms with Crippen molar-refractivity contribution in [1.29, 1.82) is 5.26 Å². The molecule has 0 bridgehead atoms. The van der Waals surface area contributed by atoms with E-state index in [0.717, 1.165) is 22.6 Å². The standard InChI is InChI=1S/C16H12FN3O2S/c17-11-1-4-16-13(8-11)15(5-6-23-16)19-14-3-2-12(20(21)22)7-10(14)9-18/h1-4,7-8,15,19H,5-6H2. The summed E-state index contributed by atoms with van der Waals surface area (Å²) in [7, 11) is 0. The van der Waals surface area contributed by atoms with Gasteiger partial charge in [0, 0.05) is 22.8 Å². The summed E-state index contributed by atoms with van der Waals surface area (Å²) in [6.07, 6.45) is 0.781. The largest absolute Gasteiger partial charge is 0.377 e. The Morgan fingerprint density at radius 1 is 1.35 bits per heavy atom. The lowest BCUT2D eigenvalue weighted by molar-refractivity contribution is -0.384. The van der Waals surface area contributed by atoms with Crippen LogP contribution >= 0.6 is 11.8 Å². The molecule has 2 aromatic carbocycles. The Hall–Kier alpha value is -2.59. The van der Waals surface area contributed by atoms with E-state index in [2.05, 4.69) is 5.32 Å². The van der Waals surface area contributed by atoms with Gasteiger partial charge in [-0.15, -0.1) is 11.8 Å². The highest BCUT2D eigenvalue weighted by molar-refractivity contribution is 7.99. The van der Waals surface area contributed by atoms with Crippen LogP contribution in [0.5, 0.6) is 0 Å². The summed E-state index contributed by atoms with van der Waals surface area (Å²) in [4.78, 5) is 11.3. The highest BCUT2D eigenvalue weighted by Gasteiger charge is 2.22. The SMILES string of the molecule is N#Cc1cc([N+](=O)[O-])ccc1NC1CCSc2ccc(F)cc21. The van der Waals surface area contributed by atoms with Gasteiger partial charge in [-0.05, 0) is 36.2 Å². The molecule has 1 aliphatic rings. The van der Waals surface area contributed by atoms with Crippen LogP contribution in [0.25, 0.3) is 0 Å². The fourth-order valence-corrected chi connectivity index (χ4v) is 3.67. The second-order valence-electron chi connectivity index (χ2n) is 5.12. The Kier molecular flexibility index (Phi) is 4.17. The zero-order chi connectivity index (χ0) is 16.4. The molecule has 116 valence electrons. The van der Waals surface area contributed by atoms with Crippen molar-refractivity contribution in [1.82, 2.24) is 0 Å². The van der Waals surface area contributed by atoms with Gasteiger partial charge >= 0.3 is 0 Å². The number of benzene rings is 2. The third-order valence-corrected chi connectivity index (χ3v) is 4.80. The van der Waals surface area contributed by atoms with E-state index in [1.165, 1.54) is 30.3 Å². The molecule has 7 heteroatoms. The van der Waals surface area contributed by atoms with Gasteiger partial charge in [0.2, 0.25) is 0 Å². The van der Waals surface area contributed by atoms with E-state index < -0.39 is 4.92 Å². The van der Waals surface area contributed by atoms with E-state index in [9.17, 15) is 19.8 Å². The number of nitro benzene ring substituents is 1. The average Bonchev–Trinajstić information content (AvgIpc) is 2.55. The van der Waals surface area contributed by atoms with Crippen LogP contribution in [0.15, 0.2) is 41.3 Å². The lowest BCUT2D eigenvalue weighted by Crippen LogP contribution is -2.17. The van der Waals surface area contributed by atoms with Crippen molar-refractivity contribution < 1.29 is 9.31 Å². The maximum absolute atomic E-state index is 13.5. The molecule has 0 spiro atoms. The Morgan fingerprint density at radius 2 is 2.17 bits per heavy atom. The van der Waals surface area contributed by atoms with E-state index in [1.54, 1.807) is 17.8 Å². The van der Waals surface area contributed by atoms with E-state index in [0.29, 0.717) is 5.69 Å². The van der Waals surface area contributed by atoms with Crippen molar-refractivity contribution >= 4 is 23.1 Å². The first-order valence-electron chi connectivity index (χ1n) is 6.96. The lowest BCUT2D eigenvalue weighted by Gasteiger charge is -2.27. The molecule has 1 heterocycles. The molecule has 5 nitrogen and oxygen atoms in total. The minimum atomic E-state index is -0.535. The van der Waals surface area contributed by atoms with Gasteiger partial charge in [-0.25, -0.2) is 4.39 Å². The molecule has 0 saturated heterocycles. The first kappa shape index (κ1) is 15.3. The number of nitro groups is 1. The summed E-state index contributed by atoms with van der Waals surface area (Å²) in [6, 6.07) is 10.6. The van der Waals surface area contributed by atoms with E-state index in [1.807, 2.05) is 6.07 Å². The third kappa shape index (κ3) is 3.12. The van der Waals surface area contributed by atoms with Gasteiger partial charge in [0.25, 0.3) is 5.69 Å². The molecular weight excluding hydrogens is 317 g/mol.